The van der Waals surface area contributed by atoms with E-state index < -0.39 is 0 Å². The second-order valence-electron chi connectivity index (χ2n) is 6.68. The number of para-hydroxylation sites is 2. The van der Waals surface area contributed by atoms with Gasteiger partial charge in [0.2, 0.25) is 0 Å². The number of fused-ring (bicyclic) bond motifs is 3. The molecule has 0 bridgehead atoms. The fourth-order valence-corrected chi connectivity index (χ4v) is 3.68. The van der Waals surface area contributed by atoms with Crippen molar-refractivity contribution in [2.24, 2.45) is 4.99 Å². The van der Waals surface area contributed by atoms with Crippen LogP contribution in [0.15, 0.2) is 64.5 Å². The minimum atomic E-state index is 0.00132. The molecule has 27 heavy (non-hydrogen) atoms. The molecule has 0 fully saturated rings. The highest BCUT2D eigenvalue weighted by molar-refractivity contribution is 5.97. The normalized spacial score (nSPS) is 13.6. The summed E-state index contributed by atoms with van der Waals surface area (Å²) in [7, 11) is 0. The van der Waals surface area contributed by atoms with Gasteiger partial charge in [-0.25, -0.2) is 4.98 Å². The van der Waals surface area contributed by atoms with Crippen LogP contribution in [0.5, 0.6) is 0 Å². The van der Waals surface area contributed by atoms with Gasteiger partial charge in [0.05, 0.1) is 17.4 Å². The zero-order valence-corrected chi connectivity index (χ0v) is 14.8. The number of nitrogens with zero attached hydrogens (tertiary/aromatic N) is 3. The van der Waals surface area contributed by atoms with Gasteiger partial charge in [-0.3, -0.25) is 14.4 Å². The van der Waals surface area contributed by atoms with Crippen LogP contribution in [-0.2, 0) is 13.0 Å². The predicted octanol–water partition coefficient (Wildman–Crippen LogP) is 2.47. The molecule has 0 radical (unpaired) electrons. The van der Waals surface area contributed by atoms with E-state index in [1.165, 1.54) is 10.9 Å². The Hall–Kier alpha value is -3.41. The molecule has 4 aromatic rings. The minimum Gasteiger partial charge on any atom is -0.367 e. The van der Waals surface area contributed by atoms with E-state index in [4.69, 9.17) is 0 Å². The first-order valence-electron chi connectivity index (χ1n) is 9.14. The van der Waals surface area contributed by atoms with Crippen molar-refractivity contribution in [3.05, 3.63) is 76.5 Å². The molecule has 2 N–H and O–H groups in total. The summed E-state index contributed by atoms with van der Waals surface area (Å²) in [5.74, 6) is 1.33. The quantitative estimate of drug-likeness (QED) is 0.591. The highest BCUT2D eigenvalue weighted by Crippen LogP contribution is 2.18. The maximum Gasteiger partial charge on any atom is 0.261 e. The third-order valence-corrected chi connectivity index (χ3v) is 5.03. The number of aliphatic imine (C=N–C) groups is 1. The Labute approximate surface area is 155 Å². The zero-order chi connectivity index (χ0) is 18.2. The minimum absolute atomic E-state index is 0.00132. The van der Waals surface area contributed by atoms with E-state index in [2.05, 4.69) is 44.7 Å². The van der Waals surface area contributed by atoms with E-state index >= 15 is 0 Å². The number of rotatable bonds is 3. The van der Waals surface area contributed by atoms with Crippen LogP contribution in [-0.4, -0.2) is 33.5 Å². The van der Waals surface area contributed by atoms with Crippen LogP contribution in [0.25, 0.3) is 21.8 Å². The largest absolute Gasteiger partial charge is 0.367 e. The number of H-pyrrole nitrogens is 1. The molecule has 0 saturated carbocycles. The van der Waals surface area contributed by atoms with Crippen molar-refractivity contribution in [2.45, 2.75) is 13.0 Å². The van der Waals surface area contributed by atoms with Crippen LogP contribution < -0.4 is 10.9 Å². The Morgan fingerprint density at radius 1 is 1.07 bits per heavy atom. The third kappa shape index (κ3) is 2.70. The summed E-state index contributed by atoms with van der Waals surface area (Å²) in [6, 6.07) is 15.8. The fourth-order valence-electron chi connectivity index (χ4n) is 3.68. The average Bonchev–Trinajstić information content (AvgIpc) is 3.12. The van der Waals surface area contributed by atoms with Gasteiger partial charge < -0.3 is 10.3 Å². The molecular weight excluding hydrogens is 338 g/mol. The summed E-state index contributed by atoms with van der Waals surface area (Å²) in [5.41, 5.74) is 3.12. The molecular formula is C21H19N5O. The lowest BCUT2D eigenvalue weighted by atomic mass is 10.1. The molecule has 5 rings (SSSR count). The van der Waals surface area contributed by atoms with E-state index in [9.17, 15) is 4.79 Å². The summed E-state index contributed by atoms with van der Waals surface area (Å²) < 4.78 is 1.73. The van der Waals surface area contributed by atoms with E-state index in [-0.39, 0.29) is 5.56 Å². The van der Waals surface area contributed by atoms with Gasteiger partial charge in [-0.1, -0.05) is 30.3 Å². The molecule has 2 aromatic carbocycles. The second kappa shape index (κ2) is 6.39. The fraction of sp³-hybridized carbons (Fsp3) is 0.190. The van der Waals surface area contributed by atoms with Gasteiger partial charge in [0.15, 0.2) is 11.7 Å². The molecule has 134 valence electrons. The Kier molecular flexibility index (Phi) is 3.74. The molecule has 2 aromatic heterocycles. The number of hydrogen-bond acceptors (Lipinski definition) is 4. The van der Waals surface area contributed by atoms with Gasteiger partial charge in [-0.05, 0) is 30.2 Å². The van der Waals surface area contributed by atoms with Crippen LogP contribution in [0, 0.1) is 0 Å². The number of amidine groups is 1. The van der Waals surface area contributed by atoms with Crippen LogP contribution in [0.4, 0.5) is 0 Å². The summed E-state index contributed by atoms with van der Waals surface area (Å²) in [4.78, 5) is 25.3. The van der Waals surface area contributed by atoms with Crippen molar-refractivity contribution >= 4 is 27.6 Å². The molecule has 3 heterocycles. The van der Waals surface area contributed by atoms with Gasteiger partial charge in [0.1, 0.15) is 0 Å². The first-order valence-corrected chi connectivity index (χ1v) is 9.14. The number of aromatic amines is 1. The van der Waals surface area contributed by atoms with Gasteiger partial charge in [-0.15, -0.1) is 0 Å². The van der Waals surface area contributed by atoms with Crippen molar-refractivity contribution in [1.29, 1.82) is 0 Å². The molecule has 0 amide bonds. The molecule has 1 aliphatic heterocycles. The van der Waals surface area contributed by atoms with Gasteiger partial charge in [0.25, 0.3) is 5.56 Å². The van der Waals surface area contributed by atoms with Crippen LogP contribution in [0.2, 0.25) is 0 Å². The highest BCUT2D eigenvalue weighted by Gasteiger charge is 2.18. The van der Waals surface area contributed by atoms with Crippen molar-refractivity contribution in [1.82, 2.24) is 19.9 Å². The Morgan fingerprint density at radius 2 is 1.89 bits per heavy atom. The number of aromatic nitrogens is 3. The molecule has 1 aliphatic rings. The Bertz CT molecular complexity index is 1230. The van der Waals surface area contributed by atoms with Crippen molar-refractivity contribution in [3.63, 3.8) is 0 Å². The first-order chi connectivity index (χ1) is 13.3. The van der Waals surface area contributed by atoms with Crippen LogP contribution in [0.1, 0.15) is 11.4 Å². The van der Waals surface area contributed by atoms with Crippen LogP contribution >= 0.6 is 0 Å². The summed E-state index contributed by atoms with van der Waals surface area (Å²) in [6.45, 7) is 1.88. The molecule has 6 heteroatoms. The lowest BCUT2D eigenvalue weighted by Gasteiger charge is -2.19. The molecule has 6 nitrogen and oxygen atoms in total. The van der Waals surface area contributed by atoms with E-state index in [1.807, 2.05) is 30.3 Å². The van der Waals surface area contributed by atoms with Gasteiger partial charge >= 0.3 is 0 Å². The summed E-state index contributed by atoms with van der Waals surface area (Å²) in [5, 5.41) is 5.28. The monoisotopic (exact) mass is 357 g/mol. The van der Waals surface area contributed by atoms with Crippen LogP contribution in [0.3, 0.4) is 0 Å². The lowest BCUT2D eigenvalue weighted by molar-refractivity contribution is 0.637. The number of benzene rings is 2. The smallest absolute Gasteiger partial charge is 0.261 e. The van der Waals surface area contributed by atoms with Gasteiger partial charge in [-0.2, -0.15) is 0 Å². The summed E-state index contributed by atoms with van der Waals surface area (Å²) >= 11 is 0. The Morgan fingerprint density at radius 3 is 2.81 bits per heavy atom. The lowest BCUT2D eigenvalue weighted by Crippen LogP contribution is -2.39. The van der Waals surface area contributed by atoms with Gasteiger partial charge in [0, 0.05) is 30.2 Å². The first kappa shape index (κ1) is 15.8. The maximum absolute atomic E-state index is 12.8. The van der Waals surface area contributed by atoms with Crippen molar-refractivity contribution < 1.29 is 0 Å². The topological polar surface area (TPSA) is 75.1 Å². The molecule has 0 saturated heterocycles. The number of nitrogens with one attached hydrogen (secondary N) is 2. The highest BCUT2D eigenvalue weighted by atomic mass is 16.1. The summed E-state index contributed by atoms with van der Waals surface area (Å²) in [6.07, 6.45) is 2.92. The second-order valence-corrected chi connectivity index (χ2v) is 6.68. The maximum atomic E-state index is 12.8. The molecule has 0 atom stereocenters. The molecule has 0 unspecified atom stereocenters. The van der Waals surface area contributed by atoms with E-state index in [1.54, 1.807) is 4.57 Å². The zero-order valence-electron chi connectivity index (χ0n) is 14.8. The SMILES string of the molecule is O=c1c2ccccc2nc2n1CCN=C2NCCc1c[nH]c2ccccc12. The predicted molar refractivity (Wildman–Crippen MR) is 107 cm³/mol. The molecule has 0 aliphatic carbocycles. The van der Waals surface area contributed by atoms with E-state index in [0.717, 1.165) is 18.5 Å². The van der Waals surface area contributed by atoms with E-state index in [0.29, 0.717) is 35.7 Å². The Balaban J connectivity index is 1.41. The standard InChI is InChI=1S/C21H19N5O/c27-21-16-6-2-4-8-18(16)25-20-19(23-11-12-26(20)21)22-10-9-14-13-24-17-7-3-1-5-15(14)17/h1-8,13,24H,9-12H2,(H,22,23). The van der Waals surface area contributed by atoms with Crippen molar-refractivity contribution in [2.75, 3.05) is 13.1 Å². The average molecular weight is 357 g/mol. The third-order valence-electron chi connectivity index (χ3n) is 5.03. The molecule has 0 spiro atoms. The number of hydrogen-bond donors (Lipinski definition) is 2. The van der Waals surface area contributed by atoms with Crippen molar-refractivity contribution in [3.8, 4) is 0 Å².